The average Bonchev–Trinajstić information content (AvgIpc) is 2.87. The molecule has 0 unspecified atom stereocenters. The maximum Gasteiger partial charge on any atom is 0.325 e. The van der Waals surface area contributed by atoms with Crippen molar-refractivity contribution in [3.8, 4) is 0 Å². The number of benzene rings is 1. The molecule has 3 rings (SSSR count). The Morgan fingerprint density at radius 3 is 2.63 bits per heavy atom. The summed E-state index contributed by atoms with van der Waals surface area (Å²) in [6.07, 6.45) is 5.15. The predicted octanol–water partition coefficient (Wildman–Crippen LogP) is 1.00. The second kappa shape index (κ2) is 7.38. The zero-order valence-corrected chi connectivity index (χ0v) is 15.3. The number of carbonyl (C=O) groups is 4. The lowest BCUT2D eigenvalue weighted by molar-refractivity contribution is -0.135. The summed E-state index contributed by atoms with van der Waals surface area (Å²) in [5, 5.41) is 5.53. The van der Waals surface area contributed by atoms with Crippen molar-refractivity contribution >= 4 is 23.8 Å². The molecule has 0 radical (unpaired) electrons. The maximum atomic E-state index is 12.9. The summed E-state index contributed by atoms with van der Waals surface area (Å²) < 4.78 is 0. The minimum atomic E-state index is -1.35. The third kappa shape index (κ3) is 3.79. The van der Waals surface area contributed by atoms with E-state index in [9.17, 15) is 19.2 Å². The number of urea groups is 1. The molecule has 1 heterocycles. The summed E-state index contributed by atoms with van der Waals surface area (Å²) in [6, 6.07) is 5.71. The number of carbonyl (C=O) groups excluding carboxylic acids is 4. The highest BCUT2D eigenvalue weighted by atomic mass is 16.2. The number of hydrogen-bond donors (Lipinski definition) is 3. The largest absolute Gasteiger partial charge is 0.366 e. The van der Waals surface area contributed by atoms with Crippen molar-refractivity contribution in [2.24, 2.45) is 5.73 Å². The highest BCUT2D eigenvalue weighted by Crippen LogP contribution is 2.29. The van der Waals surface area contributed by atoms with Crippen LogP contribution in [0.3, 0.4) is 0 Å². The van der Waals surface area contributed by atoms with Gasteiger partial charge in [0.05, 0.1) is 0 Å². The van der Waals surface area contributed by atoms with E-state index in [1.807, 2.05) is 0 Å². The Bertz CT molecular complexity index is 788. The lowest BCUT2D eigenvalue weighted by Crippen LogP contribution is -2.46. The van der Waals surface area contributed by atoms with Crippen LogP contribution in [0.15, 0.2) is 24.3 Å². The van der Waals surface area contributed by atoms with E-state index in [1.165, 1.54) is 18.6 Å². The van der Waals surface area contributed by atoms with Gasteiger partial charge in [0.25, 0.3) is 5.91 Å². The first kappa shape index (κ1) is 18.9. The van der Waals surface area contributed by atoms with Gasteiger partial charge in [-0.15, -0.1) is 0 Å². The molecular formula is C19H24N4O4. The fourth-order valence-electron chi connectivity index (χ4n) is 3.68. The fourth-order valence-corrected chi connectivity index (χ4v) is 3.68. The Morgan fingerprint density at radius 2 is 1.96 bits per heavy atom. The SMILES string of the molecule is C[C@@]1(c2cccc(C(N)=O)c2)NC(=O)N(CC(=O)NC2CCCCC2)C1=O. The summed E-state index contributed by atoms with van der Waals surface area (Å²) in [4.78, 5) is 49.9. The molecule has 2 aliphatic rings. The molecule has 0 spiro atoms. The van der Waals surface area contributed by atoms with E-state index in [2.05, 4.69) is 10.6 Å². The second-order valence-corrected chi connectivity index (χ2v) is 7.29. The van der Waals surface area contributed by atoms with Crippen LogP contribution >= 0.6 is 0 Å². The standard InChI is InChI=1S/C19H24N4O4/c1-19(13-7-5-6-12(10-13)16(20)25)17(26)23(18(27)22-19)11-15(24)21-14-8-3-2-4-9-14/h5-7,10,14H,2-4,8-9,11H2,1H3,(H2,20,25)(H,21,24)(H,22,27)/t19-/m0/s1. The normalized spacial score (nSPS) is 23.2. The molecule has 8 heteroatoms. The number of nitrogens with one attached hydrogen (secondary N) is 2. The van der Waals surface area contributed by atoms with E-state index >= 15 is 0 Å². The van der Waals surface area contributed by atoms with E-state index in [4.69, 9.17) is 5.73 Å². The van der Waals surface area contributed by atoms with Gasteiger partial charge in [-0.3, -0.25) is 19.3 Å². The topological polar surface area (TPSA) is 122 Å². The molecule has 2 fully saturated rings. The van der Waals surface area contributed by atoms with E-state index in [-0.39, 0.29) is 24.1 Å². The molecule has 1 aromatic carbocycles. The van der Waals surface area contributed by atoms with Gasteiger partial charge in [-0.25, -0.2) is 4.79 Å². The molecular weight excluding hydrogens is 348 g/mol. The summed E-state index contributed by atoms with van der Waals surface area (Å²) in [6.45, 7) is 1.22. The van der Waals surface area contributed by atoms with Gasteiger partial charge < -0.3 is 16.4 Å². The van der Waals surface area contributed by atoms with E-state index in [1.54, 1.807) is 19.1 Å². The molecule has 0 bridgehead atoms. The first-order valence-corrected chi connectivity index (χ1v) is 9.15. The van der Waals surface area contributed by atoms with E-state index in [0.29, 0.717) is 5.56 Å². The van der Waals surface area contributed by atoms with Crippen LogP contribution in [-0.2, 0) is 15.1 Å². The molecule has 1 aromatic rings. The molecule has 4 N–H and O–H groups in total. The molecule has 1 atom stereocenters. The number of imide groups is 1. The van der Waals surface area contributed by atoms with Gasteiger partial charge in [-0.1, -0.05) is 31.4 Å². The maximum absolute atomic E-state index is 12.9. The van der Waals surface area contributed by atoms with Crippen LogP contribution in [0.1, 0.15) is 54.9 Å². The van der Waals surface area contributed by atoms with Crippen LogP contribution in [0, 0.1) is 0 Å². The van der Waals surface area contributed by atoms with Gasteiger partial charge in [-0.05, 0) is 37.5 Å². The Labute approximate surface area is 157 Å². The molecule has 1 aliphatic heterocycles. The number of nitrogens with two attached hydrogens (primary N) is 1. The van der Waals surface area contributed by atoms with Gasteiger partial charge in [0.15, 0.2) is 0 Å². The molecule has 8 nitrogen and oxygen atoms in total. The first-order valence-electron chi connectivity index (χ1n) is 9.15. The summed E-state index contributed by atoms with van der Waals surface area (Å²) >= 11 is 0. The number of hydrogen-bond acceptors (Lipinski definition) is 4. The molecule has 1 saturated heterocycles. The van der Waals surface area contributed by atoms with Crippen molar-refractivity contribution in [3.63, 3.8) is 0 Å². The van der Waals surface area contributed by atoms with Crippen molar-refractivity contribution in [1.29, 1.82) is 0 Å². The zero-order valence-electron chi connectivity index (χ0n) is 15.3. The van der Waals surface area contributed by atoms with Crippen molar-refractivity contribution in [1.82, 2.24) is 15.5 Å². The molecule has 144 valence electrons. The van der Waals surface area contributed by atoms with Gasteiger partial charge in [0, 0.05) is 11.6 Å². The van der Waals surface area contributed by atoms with Crippen LogP contribution in [0.4, 0.5) is 4.79 Å². The molecule has 27 heavy (non-hydrogen) atoms. The van der Waals surface area contributed by atoms with Crippen molar-refractivity contribution in [3.05, 3.63) is 35.4 Å². The van der Waals surface area contributed by atoms with Gasteiger partial charge in [-0.2, -0.15) is 0 Å². The molecule has 1 saturated carbocycles. The Morgan fingerprint density at radius 1 is 1.26 bits per heavy atom. The van der Waals surface area contributed by atoms with Gasteiger partial charge in [0.1, 0.15) is 12.1 Å². The van der Waals surface area contributed by atoms with Crippen LogP contribution in [0.2, 0.25) is 0 Å². The average molecular weight is 372 g/mol. The molecule has 1 aliphatic carbocycles. The predicted molar refractivity (Wildman–Crippen MR) is 97.6 cm³/mol. The number of nitrogens with zero attached hydrogens (tertiary/aromatic N) is 1. The van der Waals surface area contributed by atoms with Crippen LogP contribution < -0.4 is 16.4 Å². The zero-order chi connectivity index (χ0) is 19.6. The third-order valence-corrected chi connectivity index (χ3v) is 5.27. The molecule has 5 amide bonds. The van der Waals surface area contributed by atoms with Crippen LogP contribution in [0.25, 0.3) is 0 Å². The Kier molecular flexibility index (Phi) is 5.16. The molecule has 0 aromatic heterocycles. The van der Waals surface area contributed by atoms with Crippen LogP contribution in [-0.4, -0.2) is 41.2 Å². The number of amides is 5. The number of primary amides is 1. The minimum Gasteiger partial charge on any atom is -0.366 e. The second-order valence-electron chi connectivity index (χ2n) is 7.29. The lowest BCUT2D eigenvalue weighted by atomic mass is 9.90. The summed E-state index contributed by atoms with van der Waals surface area (Å²) in [5.74, 6) is -1.51. The fraction of sp³-hybridized carbons (Fsp3) is 0.474. The minimum absolute atomic E-state index is 0.102. The highest BCUT2D eigenvalue weighted by Gasteiger charge is 2.49. The monoisotopic (exact) mass is 372 g/mol. The van der Waals surface area contributed by atoms with Crippen LogP contribution in [0.5, 0.6) is 0 Å². The van der Waals surface area contributed by atoms with Crippen molar-refractivity contribution < 1.29 is 19.2 Å². The van der Waals surface area contributed by atoms with Crippen molar-refractivity contribution in [2.75, 3.05) is 6.54 Å². The smallest absolute Gasteiger partial charge is 0.325 e. The summed E-state index contributed by atoms with van der Waals surface area (Å²) in [5.41, 5.74) is 4.62. The van der Waals surface area contributed by atoms with E-state index < -0.39 is 23.4 Å². The van der Waals surface area contributed by atoms with Gasteiger partial charge >= 0.3 is 6.03 Å². The van der Waals surface area contributed by atoms with Gasteiger partial charge in [0.2, 0.25) is 11.8 Å². The number of rotatable bonds is 5. The lowest BCUT2D eigenvalue weighted by Gasteiger charge is -2.24. The quantitative estimate of drug-likeness (QED) is 0.668. The van der Waals surface area contributed by atoms with E-state index in [0.717, 1.165) is 30.6 Å². The first-order chi connectivity index (χ1) is 12.8. The van der Waals surface area contributed by atoms with Crippen molar-refractivity contribution in [2.45, 2.75) is 50.6 Å². The highest BCUT2D eigenvalue weighted by molar-refractivity contribution is 6.09. The Balaban J connectivity index is 1.73. The Hall–Kier alpha value is -2.90. The third-order valence-electron chi connectivity index (χ3n) is 5.27. The summed E-state index contributed by atoms with van der Waals surface area (Å²) in [7, 11) is 0.